The van der Waals surface area contributed by atoms with Gasteiger partial charge in [0.05, 0.1) is 5.69 Å². The van der Waals surface area contributed by atoms with Crippen LogP contribution in [0.15, 0.2) is 41.3 Å². The van der Waals surface area contributed by atoms with Gasteiger partial charge in [-0.05, 0) is 34.1 Å². The molecule has 0 fully saturated rings. The molecule has 3 nitrogen and oxygen atoms in total. The molecule has 0 atom stereocenters. The van der Waals surface area contributed by atoms with Crippen molar-refractivity contribution < 1.29 is 0 Å². The van der Waals surface area contributed by atoms with Crippen molar-refractivity contribution in [1.82, 2.24) is 9.97 Å². The monoisotopic (exact) mass is 251 g/mol. The molecule has 14 heavy (non-hydrogen) atoms. The molecule has 0 amide bonds. The van der Waals surface area contributed by atoms with Crippen LogP contribution >= 0.6 is 15.9 Å². The van der Waals surface area contributed by atoms with Crippen LogP contribution in [0.2, 0.25) is 0 Å². The lowest BCUT2D eigenvalue weighted by Gasteiger charge is -2.15. The molecule has 2 rings (SSSR count). The Morgan fingerprint density at radius 3 is 2.79 bits per heavy atom. The van der Waals surface area contributed by atoms with Crippen molar-refractivity contribution in [3.8, 4) is 0 Å². The third-order valence-corrected chi connectivity index (χ3v) is 2.49. The van der Waals surface area contributed by atoms with E-state index < -0.39 is 0 Å². The van der Waals surface area contributed by atoms with E-state index in [0.717, 1.165) is 16.0 Å². The first-order chi connectivity index (χ1) is 6.77. The molecule has 0 saturated heterocycles. The smallest absolute Gasteiger partial charge is 0.132 e. The summed E-state index contributed by atoms with van der Waals surface area (Å²) in [7, 11) is 1.99. The standard InChI is InChI=1S/C10H10BrN3/c1-14(9-4-5-12-7-9)10-3-2-8(11)6-13-10/h2-7,12H,1H3. The number of nitrogens with one attached hydrogen (secondary N) is 1. The van der Waals surface area contributed by atoms with Gasteiger partial charge in [0.1, 0.15) is 5.82 Å². The zero-order chi connectivity index (χ0) is 9.97. The Hall–Kier alpha value is -1.29. The number of aromatic nitrogens is 2. The van der Waals surface area contributed by atoms with Gasteiger partial charge in [0.15, 0.2) is 0 Å². The minimum Gasteiger partial charge on any atom is -0.366 e. The van der Waals surface area contributed by atoms with Crippen molar-refractivity contribution in [2.75, 3.05) is 11.9 Å². The van der Waals surface area contributed by atoms with Crippen LogP contribution in [-0.4, -0.2) is 17.0 Å². The number of nitrogens with zero attached hydrogens (tertiary/aromatic N) is 2. The van der Waals surface area contributed by atoms with Crippen molar-refractivity contribution in [2.24, 2.45) is 0 Å². The summed E-state index contributed by atoms with van der Waals surface area (Å²) in [5, 5.41) is 0. The summed E-state index contributed by atoms with van der Waals surface area (Å²) in [6.45, 7) is 0. The van der Waals surface area contributed by atoms with E-state index in [1.807, 2.05) is 42.5 Å². The lowest BCUT2D eigenvalue weighted by atomic mass is 10.4. The second-order valence-corrected chi connectivity index (χ2v) is 3.88. The number of rotatable bonds is 2. The molecule has 4 heteroatoms. The first-order valence-corrected chi connectivity index (χ1v) is 5.05. The number of hydrogen-bond acceptors (Lipinski definition) is 2. The lowest BCUT2D eigenvalue weighted by molar-refractivity contribution is 1.12. The minimum atomic E-state index is 0.924. The highest BCUT2D eigenvalue weighted by Gasteiger charge is 2.04. The summed E-state index contributed by atoms with van der Waals surface area (Å²) in [6.07, 6.45) is 5.62. The average Bonchev–Trinajstić information content (AvgIpc) is 2.71. The van der Waals surface area contributed by atoms with Crippen LogP contribution in [-0.2, 0) is 0 Å². The molecule has 0 bridgehead atoms. The Kier molecular flexibility index (Phi) is 2.54. The van der Waals surface area contributed by atoms with Crippen LogP contribution in [0.3, 0.4) is 0 Å². The van der Waals surface area contributed by atoms with Crippen LogP contribution in [0.5, 0.6) is 0 Å². The normalized spacial score (nSPS) is 10.1. The number of anilines is 2. The van der Waals surface area contributed by atoms with Crippen LogP contribution < -0.4 is 4.90 Å². The Morgan fingerprint density at radius 1 is 1.36 bits per heavy atom. The fourth-order valence-corrected chi connectivity index (χ4v) is 1.46. The topological polar surface area (TPSA) is 31.9 Å². The fourth-order valence-electron chi connectivity index (χ4n) is 1.22. The SMILES string of the molecule is CN(c1cc[nH]c1)c1ccc(Br)cn1. The predicted molar refractivity (Wildman–Crippen MR) is 60.8 cm³/mol. The molecule has 0 saturated carbocycles. The maximum Gasteiger partial charge on any atom is 0.132 e. The van der Waals surface area contributed by atoms with Crippen molar-refractivity contribution in [3.63, 3.8) is 0 Å². The molecule has 0 aliphatic rings. The van der Waals surface area contributed by atoms with Crippen molar-refractivity contribution in [3.05, 3.63) is 41.3 Å². The van der Waals surface area contributed by atoms with Gasteiger partial charge in [0.2, 0.25) is 0 Å². The molecule has 0 aliphatic carbocycles. The van der Waals surface area contributed by atoms with Gasteiger partial charge in [-0.1, -0.05) is 0 Å². The number of halogens is 1. The molecule has 2 aromatic heterocycles. The van der Waals surface area contributed by atoms with Crippen LogP contribution in [0.25, 0.3) is 0 Å². The lowest BCUT2D eigenvalue weighted by Crippen LogP contribution is -2.09. The Bertz CT molecular complexity index is 394. The number of pyridine rings is 1. The first-order valence-electron chi connectivity index (χ1n) is 4.25. The van der Waals surface area contributed by atoms with Crippen molar-refractivity contribution in [2.45, 2.75) is 0 Å². The number of hydrogen-bond donors (Lipinski definition) is 1. The van der Waals surface area contributed by atoms with Gasteiger partial charge >= 0.3 is 0 Å². The van der Waals surface area contributed by atoms with Crippen molar-refractivity contribution in [1.29, 1.82) is 0 Å². The van der Waals surface area contributed by atoms with Gasteiger partial charge in [-0.3, -0.25) is 0 Å². The maximum atomic E-state index is 4.30. The first kappa shape index (κ1) is 9.27. The van der Waals surface area contributed by atoms with E-state index >= 15 is 0 Å². The number of H-pyrrole nitrogens is 1. The van der Waals surface area contributed by atoms with Gasteiger partial charge in [-0.25, -0.2) is 4.98 Å². The Balaban J connectivity index is 2.28. The highest BCUT2D eigenvalue weighted by Crippen LogP contribution is 2.21. The van der Waals surface area contributed by atoms with Crippen LogP contribution in [0.4, 0.5) is 11.5 Å². The summed E-state index contributed by atoms with van der Waals surface area (Å²) < 4.78 is 0.990. The summed E-state index contributed by atoms with van der Waals surface area (Å²) >= 11 is 3.36. The maximum absolute atomic E-state index is 4.30. The summed E-state index contributed by atoms with van der Waals surface area (Å²) in [5.41, 5.74) is 1.10. The highest BCUT2D eigenvalue weighted by molar-refractivity contribution is 9.10. The van der Waals surface area contributed by atoms with E-state index in [2.05, 4.69) is 25.9 Å². The molecule has 72 valence electrons. The molecule has 2 aromatic rings. The average molecular weight is 252 g/mol. The van der Waals surface area contributed by atoms with E-state index in [1.165, 1.54) is 0 Å². The molecular formula is C10H10BrN3. The van der Waals surface area contributed by atoms with E-state index in [1.54, 1.807) is 6.20 Å². The van der Waals surface area contributed by atoms with Gasteiger partial charge in [-0.2, -0.15) is 0 Å². The minimum absolute atomic E-state index is 0.924. The molecule has 2 heterocycles. The number of aromatic amines is 1. The van der Waals surface area contributed by atoms with E-state index in [-0.39, 0.29) is 0 Å². The van der Waals surface area contributed by atoms with E-state index in [4.69, 9.17) is 0 Å². The summed E-state index contributed by atoms with van der Waals surface area (Å²) in [6, 6.07) is 5.95. The quantitative estimate of drug-likeness (QED) is 0.891. The zero-order valence-corrected chi connectivity index (χ0v) is 9.32. The predicted octanol–water partition coefficient (Wildman–Crippen LogP) is 2.94. The summed E-state index contributed by atoms with van der Waals surface area (Å²) in [4.78, 5) is 9.33. The van der Waals surface area contributed by atoms with Gasteiger partial charge in [0, 0.05) is 30.1 Å². The molecule has 0 radical (unpaired) electrons. The second kappa shape index (κ2) is 3.84. The third kappa shape index (κ3) is 1.80. The van der Waals surface area contributed by atoms with Gasteiger partial charge in [-0.15, -0.1) is 0 Å². The molecule has 0 aliphatic heterocycles. The summed E-state index contributed by atoms with van der Waals surface area (Å²) in [5.74, 6) is 0.924. The molecule has 0 spiro atoms. The van der Waals surface area contributed by atoms with E-state index in [9.17, 15) is 0 Å². The molecule has 0 aromatic carbocycles. The van der Waals surface area contributed by atoms with Gasteiger partial charge in [0.25, 0.3) is 0 Å². The fraction of sp³-hybridized carbons (Fsp3) is 0.100. The van der Waals surface area contributed by atoms with Crippen LogP contribution in [0, 0.1) is 0 Å². The van der Waals surface area contributed by atoms with E-state index in [0.29, 0.717) is 0 Å². The van der Waals surface area contributed by atoms with Crippen LogP contribution in [0.1, 0.15) is 0 Å². The Labute approximate surface area is 90.9 Å². The van der Waals surface area contributed by atoms with Crippen molar-refractivity contribution >= 4 is 27.4 Å². The molecule has 0 unspecified atom stereocenters. The van der Waals surface area contributed by atoms with Gasteiger partial charge < -0.3 is 9.88 Å². The Morgan fingerprint density at radius 2 is 2.21 bits per heavy atom. The third-order valence-electron chi connectivity index (χ3n) is 2.02. The molecule has 1 N–H and O–H groups in total. The second-order valence-electron chi connectivity index (χ2n) is 2.96. The zero-order valence-electron chi connectivity index (χ0n) is 7.74. The largest absolute Gasteiger partial charge is 0.366 e. The molecular weight excluding hydrogens is 242 g/mol. The highest BCUT2D eigenvalue weighted by atomic mass is 79.9.